The van der Waals surface area contributed by atoms with Crippen molar-refractivity contribution in [2.45, 2.75) is 32.1 Å². The molecule has 4 aromatic heterocycles. The highest BCUT2D eigenvalue weighted by Crippen LogP contribution is 2.33. The fourth-order valence-corrected chi connectivity index (χ4v) is 5.56. The van der Waals surface area contributed by atoms with Crippen molar-refractivity contribution in [3.63, 3.8) is 0 Å². The molecule has 0 aliphatic heterocycles. The number of fused-ring (bicyclic) bond motifs is 2. The molecule has 2 aromatic carbocycles. The molecule has 1 saturated carbocycles. The number of hydrogen-bond acceptors (Lipinski definition) is 5. The number of nitrogens with one attached hydrogen (secondary N) is 3. The van der Waals surface area contributed by atoms with Crippen LogP contribution >= 0.6 is 0 Å². The number of aromatic amines is 2. The Bertz CT molecular complexity index is 1870. The second-order valence-corrected chi connectivity index (χ2v) is 10.3. The van der Waals surface area contributed by atoms with Crippen LogP contribution in [0.4, 0.5) is 10.1 Å². The number of aromatic nitrogens is 6. The van der Waals surface area contributed by atoms with Crippen molar-refractivity contribution in [3.05, 3.63) is 79.1 Å². The SMILES string of the molecule is O=C(Nc1cncc(-c2ccc3[nH]nc(-c4nc5c(-c6cccc(F)c6)cncc5[nH]4)c3c2)c1)C1CCCCC1. The molecule has 0 spiro atoms. The van der Waals surface area contributed by atoms with E-state index in [2.05, 4.69) is 30.5 Å². The maximum Gasteiger partial charge on any atom is 0.227 e. The Kier molecular flexibility index (Phi) is 6.03. The van der Waals surface area contributed by atoms with E-state index in [1.54, 1.807) is 30.9 Å². The second kappa shape index (κ2) is 10.00. The van der Waals surface area contributed by atoms with Crippen LogP contribution in [0.3, 0.4) is 0 Å². The molecule has 6 aromatic rings. The molecular weight excluding hydrogens is 505 g/mol. The third kappa shape index (κ3) is 4.49. The van der Waals surface area contributed by atoms with Crippen LogP contribution in [0.15, 0.2) is 73.3 Å². The van der Waals surface area contributed by atoms with E-state index in [4.69, 9.17) is 4.98 Å². The van der Waals surface area contributed by atoms with E-state index in [9.17, 15) is 9.18 Å². The predicted molar refractivity (Wildman–Crippen MR) is 153 cm³/mol. The van der Waals surface area contributed by atoms with Gasteiger partial charge in [-0.15, -0.1) is 0 Å². The Balaban J connectivity index is 1.23. The monoisotopic (exact) mass is 531 g/mol. The van der Waals surface area contributed by atoms with Gasteiger partial charge in [-0.3, -0.25) is 19.9 Å². The molecule has 3 N–H and O–H groups in total. The third-order valence-electron chi connectivity index (χ3n) is 7.63. The first-order valence-corrected chi connectivity index (χ1v) is 13.5. The van der Waals surface area contributed by atoms with Crippen LogP contribution in [-0.4, -0.2) is 36.0 Å². The fraction of sp³-hybridized carbons (Fsp3) is 0.194. The number of anilines is 1. The van der Waals surface area contributed by atoms with E-state index in [0.29, 0.717) is 28.3 Å². The number of carbonyl (C=O) groups excluding carboxylic acids is 1. The van der Waals surface area contributed by atoms with Crippen LogP contribution in [0.25, 0.3) is 55.7 Å². The molecule has 198 valence electrons. The Morgan fingerprint density at radius 1 is 0.875 bits per heavy atom. The van der Waals surface area contributed by atoms with Crippen molar-refractivity contribution in [2.24, 2.45) is 5.92 Å². The third-order valence-corrected chi connectivity index (χ3v) is 7.63. The average molecular weight is 532 g/mol. The van der Waals surface area contributed by atoms with Gasteiger partial charge in [-0.1, -0.05) is 37.5 Å². The number of imidazole rings is 1. The van der Waals surface area contributed by atoms with Crippen molar-refractivity contribution in [2.75, 3.05) is 5.32 Å². The Morgan fingerprint density at radius 3 is 2.62 bits per heavy atom. The summed E-state index contributed by atoms with van der Waals surface area (Å²) in [4.78, 5) is 29.7. The summed E-state index contributed by atoms with van der Waals surface area (Å²) in [6, 6.07) is 14.4. The molecule has 7 rings (SSSR count). The number of pyridine rings is 2. The highest BCUT2D eigenvalue weighted by molar-refractivity contribution is 5.98. The molecule has 0 atom stereocenters. The number of halogens is 1. The first-order chi connectivity index (χ1) is 19.6. The number of benzene rings is 2. The molecule has 40 heavy (non-hydrogen) atoms. The molecule has 0 saturated heterocycles. The van der Waals surface area contributed by atoms with Gasteiger partial charge < -0.3 is 10.3 Å². The second-order valence-electron chi connectivity index (χ2n) is 10.3. The first kappa shape index (κ1) is 24.1. The van der Waals surface area contributed by atoms with Crippen molar-refractivity contribution in [3.8, 4) is 33.8 Å². The molecule has 4 heterocycles. The van der Waals surface area contributed by atoms with Gasteiger partial charge in [0.1, 0.15) is 11.5 Å². The highest BCUT2D eigenvalue weighted by Gasteiger charge is 2.21. The van der Waals surface area contributed by atoms with Gasteiger partial charge in [0.2, 0.25) is 5.91 Å². The van der Waals surface area contributed by atoms with E-state index < -0.39 is 0 Å². The minimum Gasteiger partial charge on any atom is -0.335 e. The van der Waals surface area contributed by atoms with Crippen molar-refractivity contribution in [1.29, 1.82) is 0 Å². The van der Waals surface area contributed by atoms with Gasteiger partial charge in [-0.2, -0.15) is 5.10 Å². The Hall–Kier alpha value is -4.92. The van der Waals surface area contributed by atoms with Crippen molar-refractivity contribution < 1.29 is 9.18 Å². The van der Waals surface area contributed by atoms with Gasteiger partial charge in [-0.05, 0) is 54.3 Å². The first-order valence-electron chi connectivity index (χ1n) is 13.5. The standard InChI is InChI=1S/C31H26FN7O/c32-22-8-4-7-20(11-22)25-16-34-17-27-28(25)37-30(36-27)29-24-13-19(9-10-26(24)38-39-29)21-12-23(15-33-14-21)35-31(40)18-5-2-1-3-6-18/h4,7-18H,1-3,5-6H2,(H,35,40)(H,36,37)(H,38,39). The summed E-state index contributed by atoms with van der Waals surface area (Å²) in [5, 5.41) is 11.6. The molecular formula is C31H26FN7O. The Labute approximate surface area is 229 Å². The van der Waals surface area contributed by atoms with E-state index in [1.807, 2.05) is 30.3 Å². The molecule has 8 nitrogen and oxygen atoms in total. The summed E-state index contributed by atoms with van der Waals surface area (Å²) < 4.78 is 13.9. The zero-order chi connectivity index (χ0) is 27.1. The summed E-state index contributed by atoms with van der Waals surface area (Å²) in [7, 11) is 0. The van der Waals surface area contributed by atoms with Gasteiger partial charge in [0.15, 0.2) is 5.82 Å². The summed E-state index contributed by atoms with van der Waals surface area (Å²) in [5.74, 6) is 0.407. The lowest BCUT2D eigenvalue weighted by atomic mass is 9.88. The molecule has 1 aliphatic carbocycles. The predicted octanol–water partition coefficient (Wildman–Crippen LogP) is 6.89. The minimum absolute atomic E-state index is 0.0719. The highest BCUT2D eigenvalue weighted by atomic mass is 19.1. The Morgan fingerprint density at radius 2 is 1.75 bits per heavy atom. The summed E-state index contributed by atoms with van der Waals surface area (Å²) in [5.41, 5.74) is 6.89. The van der Waals surface area contributed by atoms with E-state index >= 15 is 0 Å². The summed E-state index contributed by atoms with van der Waals surface area (Å²) in [6.07, 6.45) is 12.2. The molecule has 0 unspecified atom stereocenters. The van der Waals surface area contributed by atoms with Crippen LogP contribution in [0.5, 0.6) is 0 Å². The van der Waals surface area contributed by atoms with Crippen LogP contribution in [-0.2, 0) is 4.79 Å². The van der Waals surface area contributed by atoms with E-state index in [-0.39, 0.29) is 17.6 Å². The van der Waals surface area contributed by atoms with Crippen LogP contribution in [0.1, 0.15) is 32.1 Å². The maximum absolute atomic E-state index is 13.9. The topological polar surface area (TPSA) is 112 Å². The smallest absolute Gasteiger partial charge is 0.227 e. The minimum atomic E-state index is -0.316. The fourth-order valence-electron chi connectivity index (χ4n) is 5.56. The lowest BCUT2D eigenvalue weighted by Gasteiger charge is -2.20. The van der Waals surface area contributed by atoms with Crippen molar-refractivity contribution >= 4 is 33.5 Å². The van der Waals surface area contributed by atoms with Gasteiger partial charge in [0, 0.05) is 34.8 Å². The van der Waals surface area contributed by atoms with Crippen molar-refractivity contribution in [1.82, 2.24) is 30.1 Å². The number of carbonyl (C=O) groups is 1. The average Bonchev–Trinajstić information content (AvgIpc) is 3.61. The molecule has 1 aliphatic rings. The zero-order valence-electron chi connectivity index (χ0n) is 21.6. The number of nitrogens with zero attached hydrogens (tertiary/aromatic N) is 4. The van der Waals surface area contributed by atoms with Gasteiger partial charge in [0.25, 0.3) is 0 Å². The molecule has 1 amide bonds. The van der Waals surface area contributed by atoms with E-state index in [1.165, 1.54) is 18.6 Å². The summed E-state index contributed by atoms with van der Waals surface area (Å²) in [6.45, 7) is 0. The molecule has 9 heteroatoms. The van der Waals surface area contributed by atoms with Crippen LogP contribution in [0.2, 0.25) is 0 Å². The number of amides is 1. The van der Waals surface area contributed by atoms with Crippen LogP contribution < -0.4 is 5.32 Å². The lowest BCUT2D eigenvalue weighted by molar-refractivity contribution is -0.120. The molecule has 1 fully saturated rings. The summed E-state index contributed by atoms with van der Waals surface area (Å²) >= 11 is 0. The van der Waals surface area contributed by atoms with E-state index in [0.717, 1.165) is 58.8 Å². The van der Waals surface area contributed by atoms with Gasteiger partial charge in [0.05, 0.1) is 34.6 Å². The van der Waals surface area contributed by atoms with Gasteiger partial charge in [-0.25, -0.2) is 9.37 Å². The number of hydrogen-bond donors (Lipinski definition) is 3. The number of H-pyrrole nitrogens is 2. The lowest BCUT2D eigenvalue weighted by Crippen LogP contribution is -2.24. The zero-order valence-corrected chi connectivity index (χ0v) is 21.6. The quantitative estimate of drug-likeness (QED) is 0.224. The maximum atomic E-state index is 13.9. The van der Waals surface area contributed by atoms with Crippen LogP contribution in [0, 0.1) is 11.7 Å². The largest absolute Gasteiger partial charge is 0.335 e. The normalized spacial score (nSPS) is 14.1. The number of rotatable bonds is 5. The van der Waals surface area contributed by atoms with Gasteiger partial charge >= 0.3 is 0 Å². The molecule has 0 bridgehead atoms. The molecule has 0 radical (unpaired) electrons.